The van der Waals surface area contributed by atoms with Crippen LogP contribution in [0.2, 0.25) is 0 Å². The Hall–Kier alpha value is -3.76. The number of sulfone groups is 1. The zero-order valence-electron chi connectivity index (χ0n) is 19.2. The van der Waals surface area contributed by atoms with E-state index in [0.29, 0.717) is 5.56 Å². The average molecular weight is 467 g/mol. The first-order valence-corrected chi connectivity index (χ1v) is 12.6. The molecule has 0 radical (unpaired) electrons. The highest BCUT2D eigenvalue weighted by atomic mass is 32.2. The molecule has 170 valence electrons. The van der Waals surface area contributed by atoms with Gasteiger partial charge in [-0.05, 0) is 48.2 Å². The van der Waals surface area contributed by atoms with Crippen molar-refractivity contribution < 1.29 is 13.2 Å². The summed E-state index contributed by atoms with van der Waals surface area (Å²) >= 11 is 0. The van der Waals surface area contributed by atoms with E-state index in [4.69, 9.17) is 0 Å². The number of hydrogen-bond acceptors (Lipinski definition) is 3. The fraction of sp³-hybridized carbons (Fsp3) is 0.100. The molecule has 0 saturated carbocycles. The molecule has 0 aliphatic rings. The van der Waals surface area contributed by atoms with Crippen LogP contribution < -0.4 is 0 Å². The van der Waals surface area contributed by atoms with Crippen molar-refractivity contribution >= 4 is 21.2 Å². The van der Waals surface area contributed by atoms with Gasteiger partial charge in [0.05, 0.1) is 4.90 Å². The van der Waals surface area contributed by atoms with Crippen molar-refractivity contribution in [1.82, 2.24) is 0 Å². The first kappa shape index (κ1) is 23.4. The zero-order valence-corrected chi connectivity index (χ0v) is 20.0. The molecule has 4 aromatic carbocycles. The van der Waals surface area contributed by atoms with Gasteiger partial charge in [0.25, 0.3) is 0 Å². The minimum atomic E-state index is -3.95. The number of rotatable bonds is 7. The van der Waals surface area contributed by atoms with Crippen LogP contribution in [-0.2, 0) is 9.84 Å². The molecule has 0 aliphatic heterocycles. The van der Waals surface area contributed by atoms with Gasteiger partial charge in [-0.3, -0.25) is 4.79 Å². The molecule has 0 amide bonds. The van der Waals surface area contributed by atoms with Gasteiger partial charge in [-0.1, -0.05) is 109 Å². The van der Waals surface area contributed by atoms with Gasteiger partial charge in [-0.2, -0.15) is 0 Å². The number of benzene rings is 4. The lowest BCUT2D eigenvalue weighted by Gasteiger charge is -2.16. The summed E-state index contributed by atoms with van der Waals surface area (Å²) in [4.78, 5) is 13.5. The lowest BCUT2D eigenvalue weighted by Crippen LogP contribution is -2.29. The number of hydrogen-bond donors (Lipinski definition) is 0. The molecule has 1 atom stereocenters. The summed E-state index contributed by atoms with van der Waals surface area (Å²) in [6.45, 7) is 3.74. The Kier molecular flexibility index (Phi) is 6.90. The SMILES string of the molecule is C/C(=C\[C@@H](C(=O)c1ccccc1)S(=O)(=O)c1ccc(C)cc1)c1ccc(-c2ccccc2)cc1. The van der Waals surface area contributed by atoms with E-state index >= 15 is 0 Å². The summed E-state index contributed by atoms with van der Waals surface area (Å²) in [6.07, 6.45) is 1.57. The fourth-order valence-electron chi connectivity index (χ4n) is 3.83. The maximum absolute atomic E-state index is 13.6. The molecule has 0 spiro atoms. The van der Waals surface area contributed by atoms with E-state index in [1.165, 1.54) is 0 Å². The highest BCUT2D eigenvalue weighted by Gasteiger charge is 2.33. The number of carbonyl (C=O) groups excluding carboxylic acids is 1. The van der Waals surface area contributed by atoms with Crippen molar-refractivity contribution in [1.29, 1.82) is 0 Å². The van der Waals surface area contributed by atoms with Gasteiger partial charge in [0.1, 0.15) is 5.25 Å². The highest BCUT2D eigenvalue weighted by Crippen LogP contribution is 2.26. The maximum atomic E-state index is 13.6. The van der Waals surface area contributed by atoms with Crippen molar-refractivity contribution in [3.05, 3.63) is 132 Å². The monoisotopic (exact) mass is 466 g/mol. The highest BCUT2D eigenvalue weighted by molar-refractivity contribution is 7.93. The largest absolute Gasteiger partial charge is 0.292 e. The fourth-order valence-corrected chi connectivity index (χ4v) is 5.44. The van der Waals surface area contributed by atoms with Crippen LogP contribution in [-0.4, -0.2) is 19.5 Å². The van der Waals surface area contributed by atoms with Crippen molar-refractivity contribution in [2.75, 3.05) is 0 Å². The second kappa shape index (κ2) is 10.0. The summed E-state index contributed by atoms with van der Waals surface area (Å²) in [5, 5.41) is -1.33. The zero-order chi connectivity index (χ0) is 24.1. The lowest BCUT2D eigenvalue weighted by molar-refractivity contribution is 0.0999. The maximum Gasteiger partial charge on any atom is 0.192 e. The molecule has 3 nitrogen and oxygen atoms in total. The summed E-state index contributed by atoms with van der Waals surface area (Å²) in [5.74, 6) is -0.443. The Morgan fingerprint density at radius 1 is 0.676 bits per heavy atom. The second-order valence-corrected chi connectivity index (χ2v) is 10.4. The summed E-state index contributed by atoms with van der Waals surface area (Å²) in [7, 11) is -3.95. The van der Waals surface area contributed by atoms with Gasteiger partial charge < -0.3 is 0 Å². The molecular weight excluding hydrogens is 440 g/mol. The standard InChI is InChI=1S/C30H26O3S/c1-22-13-19-28(20-14-22)34(32,33)29(30(31)27-11-7-4-8-12-27)21-23(2)24-15-17-26(18-16-24)25-9-5-3-6-10-25/h3-21,29H,1-2H3/b23-21+/t29-/m0/s1. The van der Waals surface area contributed by atoms with Crippen LogP contribution in [0, 0.1) is 6.92 Å². The number of Topliss-reactive ketones (excluding diaryl/α,β-unsaturated/α-hetero) is 1. The molecule has 0 N–H and O–H groups in total. The van der Waals surface area contributed by atoms with Crippen LogP contribution in [0.3, 0.4) is 0 Å². The molecule has 0 aliphatic carbocycles. The molecule has 4 aromatic rings. The van der Waals surface area contributed by atoms with Gasteiger partial charge in [0, 0.05) is 5.56 Å². The van der Waals surface area contributed by atoms with Gasteiger partial charge >= 0.3 is 0 Å². The quantitative estimate of drug-likeness (QED) is 0.282. The van der Waals surface area contributed by atoms with E-state index in [-0.39, 0.29) is 4.90 Å². The van der Waals surface area contributed by atoms with Crippen LogP contribution in [0.15, 0.2) is 120 Å². The van der Waals surface area contributed by atoms with Crippen LogP contribution in [0.25, 0.3) is 16.7 Å². The van der Waals surface area contributed by atoms with Crippen LogP contribution in [0.1, 0.15) is 28.4 Å². The van der Waals surface area contributed by atoms with E-state index in [1.54, 1.807) is 60.7 Å². The molecule has 0 aromatic heterocycles. The number of allylic oxidation sites excluding steroid dienone is 1. The van der Waals surface area contributed by atoms with E-state index < -0.39 is 20.9 Å². The van der Waals surface area contributed by atoms with Gasteiger partial charge in [-0.25, -0.2) is 8.42 Å². The van der Waals surface area contributed by atoms with Crippen molar-refractivity contribution in [3.63, 3.8) is 0 Å². The summed E-state index contributed by atoms with van der Waals surface area (Å²) in [6, 6.07) is 33.2. The summed E-state index contributed by atoms with van der Waals surface area (Å²) in [5.41, 5.74) is 5.09. The molecule has 0 fully saturated rings. The van der Waals surface area contributed by atoms with Crippen molar-refractivity contribution in [2.45, 2.75) is 24.0 Å². The minimum absolute atomic E-state index is 0.135. The molecular formula is C30H26O3S. The van der Waals surface area contributed by atoms with E-state index in [9.17, 15) is 13.2 Å². The van der Waals surface area contributed by atoms with Crippen LogP contribution in [0.4, 0.5) is 0 Å². The molecule has 34 heavy (non-hydrogen) atoms. The molecule has 0 bridgehead atoms. The second-order valence-electron chi connectivity index (χ2n) is 8.30. The average Bonchev–Trinajstić information content (AvgIpc) is 2.88. The third kappa shape index (κ3) is 5.08. The lowest BCUT2D eigenvalue weighted by atomic mass is 9.99. The molecule has 0 unspecified atom stereocenters. The van der Waals surface area contributed by atoms with Crippen molar-refractivity contribution in [3.8, 4) is 11.1 Å². The number of aryl methyl sites for hydroxylation is 1. The predicted octanol–water partition coefficient (Wildman–Crippen LogP) is 6.79. The first-order chi connectivity index (χ1) is 16.4. The smallest absolute Gasteiger partial charge is 0.192 e. The normalized spacial score (nSPS) is 12.8. The third-order valence-electron chi connectivity index (χ3n) is 5.85. The Labute approximate surface area is 201 Å². The number of carbonyl (C=O) groups is 1. The topological polar surface area (TPSA) is 51.2 Å². The molecule has 4 heteroatoms. The third-order valence-corrected chi connectivity index (χ3v) is 7.80. The van der Waals surface area contributed by atoms with Crippen LogP contribution >= 0.6 is 0 Å². The van der Waals surface area contributed by atoms with Crippen LogP contribution in [0.5, 0.6) is 0 Å². The summed E-state index contributed by atoms with van der Waals surface area (Å²) < 4.78 is 27.2. The van der Waals surface area contributed by atoms with Crippen molar-refractivity contribution in [2.24, 2.45) is 0 Å². The Balaban J connectivity index is 1.74. The molecule has 4 rings (SSSR count). The van der Waals surface area contributed by atoms with Gasteiger partial charge in [0.15, 0.2) is 15.6 Å². The van der Waals surface area contributed by atoms with E-state index in [1.807, 2.05) is 68.4 Å². The Morgan fingerprint density at radius 2 is 1.21 bits per heavy atom. The van der Waals surface area contributed by atoms with E-state index in [2.05, 4.69) is 0 Å². The number of ketones is 1. The molecule has 0 saturated heterocycles. The van der Waals surface area contributed by atoms with Gasteiger partial charge in [0.2, 0.25) is 0 Å². The van der Waals surface area contributed by atoms with Gasteiger partial charge in [-0.15, -0.1) is 0 Å². The molecule has 0 heterocycles. The van der Waals surface area contributed by atoms with E-state index in [0.717, 1.165) is 27.8 Å². The predicted molar refractivity (Wildman–Crippen MR) is 138 cm³/mol. The Morgan fingerprint density at radius 3 is 1.79 bits per heavy atom. The Bertz CT molecular complexity index is 1400. The minimum Gasteiger partial charge on any atom is -0.292 e. The first-order valence-electron chi connectivity index (χ1n) is 11.1.